The second-order valence-corrected chi connectivity index (χ2v) is 8.16. The van der Waals surface area contributed by atoms with E-state index in [-0.39, 0.29) is 6.61 Å². The third-order valence-electron chi connectivity index (χ3n) is 4.79. The van der Waals surface area contributed by atoms with Crippen LogP contribution >= 0.6 is 7.82 Å². The summed E-state index contributed by atoms with van der Waals surface area (Å²) in [5.41, 5.74) is 0. The number of hydrogen-bond donors (Lipinski definition) is 2. The van der Waals surface area contributed by atoms with Crippen LogP contribution in [0.5, 0.6) is 0 Å². The molecule has 2 unspecified atom stereocenters. The molecule has 0 aliphatic rings. The lowest BCUT2D eigenvalue weighted by molar-refractivity contribution is 0.132. The zero-order chi connectivity index (χ0) is 18.4. The molecule has 2 atom stereocenters. The summed E-state index contributed by atoms with van der Waals surface area (Å²) in [5.74, 6) is 1.31. The Labute approximate surface area is 149 Å². The number of phosphoric ester groups is 1. The lowest BCUT2D eigenvalue weighted by Gasteiger charge is -2.30. The summed E-state index contributed by atoms with van der Waals surface area (Å²) in [6.45, 7) is 11.6. The fourth-order valence-electron chi connectivity index (χ4n) is 3.11. The van der Waals surface area contributed by atoms with E-state index in [9.17, 15) is 4.57 Å². The predicted octanol–water partition coefficient (Wildman–Crippen LogP) is 4.83. The maximum Gasteiger partial charge on any atom is 0.469 e. The van der Waals surface area contributed by atoms with Gasteiger partial charge in [-0.25, -0.2) is 4.57 Å². The zero-order valence-electron chi connectivity index (χ0n) is 16.2. The van der Waals surface area contributed by atoms with Crippen molar-refractivity contribution in [3.8, 4) is 0 Å². The molecule has 0 heterocycles. The summed E-state index contributed by atoms with van der Waals surface area (Å²) in [6.07, 6.45) is 9.70. The Morgan fingerprint density at radius 3 is 1.71 bits per heavy atom. The highest BCUT2D eigenvalue weighted by Gasteiger charge is 2.19. The van der Waals surface area contributed by atoms with E-state index >= 15 is 0 Å². The maximum atomic E-state index is 10.9. The Balaban J connectivity index is 4.62. The molecule has 0 saturated heterocycles. The van der Waals surface area contributed by atoms with E-state index < -0.39 is 7.82 Å². The molecule has 24 heavy (non-hydrogen) atoms. The standard InChI is InChI=1S/C18H40NO4P/c1-5-9-11-17(7-3)15-19(13-14-23-24(20,21)22)16-18(8-4)12-10-6-2/h17-18H,5-16H2,1-4H3,(H2,20,21,22). The molecule has 0 amide bonds. The van der Waals surface area contributed by atoms with Gasteiger partial charge < -0.3 is 14.7 Å². The van der Waals surface area contributed by atoms with Crippen LogP contribution in [0.4, 0.5) is 0 Å². The van der Waals surface area contributed by atoms with Crippen LogP contribution in [-0.4, -0.2) is 40.9 Å². The average molecular weight is 365 g/mol. The van der Waals surface area contributed by atoms with Crippen LogP contribution in [0.15, 0.2) is 0 Å². The molecule has 2 N–H and O–H groups in total. The second kappa shape index (κ2) is 14.3. The normalized spacial score (nSPS) is 15.0. The average Bonchev–Trinajstić information content (AvgIpc) is 2.53. The Morgan fingerprint density at radius 2 is 1.38 bits per heavy atom. The predicted molar refractivity (Wildman–Crippen MR) is 101 cm³/mol. The van der Waals surface area contributed by atoms with Gasteiger partial charge in [-0.2, -0.15) is 0 Å². The van der Waals surface area contributed by atoms with Gasteiger partial charge in [-0.3, -0.25) is 4.52 Å². The number of unbranched alkanes of at least 4 members (excludes halogenated alkanes) is 2. The van der Waals surface area contributed by atoms with Crippen LogP contribution in [0.3, 0.4) is 0 Å². The third kappa shape index (κ3) is 13.4. The smallest absolute Gasteiger partial charge is 0.303 e. The lowest BCUT2D eigenvalue weighted by atomic mass is 9.96. The van der Waals surface area contributed by atoms with Crippen molar-refractivity contribution in [3.63, 3.8) is 0 Å². The minimum atomic E-state index is -4.37. The molecule has 0 radical (unpaired) electrons. The molecule has 0 saturated carbocycles. The van der Waals surface area contributed by atoms with Crippen LogP contribution in [0, 0.1) is 11.8 Å². The fourth-order valence-corrected chi connectivity index (χ4v) is 3.43. The quantitative estimate of drug-likeness (QED) is 0.383. The van der Waals surface area contributed by atoms with Gasteiger partial charge in [-0.1, -0.05) is 66.2 Å². The SMILES string of the molecule is CCCCC(CC)CN(CCOP(=O)(O)O)CC(CC)CCCC. The van der Waals surface area contributed by atoms with Crippen LogP contribution in [0.25, 0.3) is 0 Å². The molecule has 0 aromatic carbocycles. The Morgan fingerprint density at radius 1 is 0.917 bits per heavy atom. The van der Waals surface area contributed by atoms with Gasteiger partial charge in [-0.05, 0) is 24.7 Å². The van der Waals surface area contributed by atoms with Crippen molar-refractivity contribution in [3.05, 3.63) is 0 Å². The van der Waals surface area contributed by atoms with Gasteiger partial charge >= 0.3 is 7.82 Å². The van der Waals surface area contributed by atoms with Gasteiger partial charge in [0, 0.05) is 19.6 Å². The number of phosphoric acid groups is 1. The molecule has 0 aliphatic heterocycles. The monoisotopic (exact) mass is 365 g/mol. The molecule has 0 spiro atoms. The fraction of sp³-hybridized carbons (Fsp3) is 1.00. The minimum Gasteiger partial charge on any atom is -0.303 e. The number of hydrogen-bond acceptors (Lipinski definition) is 3. The molecule has 146 valence electrons. The molecule has 0 bridgehead atoms. The van der Waals surface area contributed by atoms with E-state index in [0.717, 1.165) is 25.9 Å². The lowest BCUT2D eigenvalue weighted by Crippen LogP contribution is -2.36. The molecular weight excluding hydrogens is 325 g/mol. The molecule has 6 heteroatoms. The van der Waals surface area contributed by atoms with Gasteiger partial charge in [0.05, 0.1) is 6.61 Å². The Kier molecular flexibility index (Phi) is 14.3. The zero-order valence-corrected chi connectivity index (χ0v) is 17.1. The number of rotatable bonds is 16. The Hall–Kier alpha value is 0.0700. The van der Waals surface area contributed by atoms with Gasteiger partial charge in [0.1, 0.15) is 0 Å². The van der Waals surface area contributed by atoms with Crippen LogP contribution < -0.4 is 0 Å². The third-order valence-corrected chi connectivity index (χ3v) is 5.31. The van der Waals surface area contributed by atoms with E-state index in [1.165, 1.54) is 38.5 Å². The second-order valence-electron chi connectivity index (χ2n) is 6.92. The first-order valence-electron chi connectivity index (χ1n) is 9.78. The molecule has 5 nitrogen and oxygen atoms in total. The van der Waals surface area contributed by atoms with E-state index in [0.29, 0.717) is 18.4 Å². The van der Waals surface area contributed by atoms with Gasteiger partial charge in [-0.15, -0.1) is 0 Å². The van der Waals surface area contributed by atoms with Crippen molar-refractivity contribution >= 4 is 7.82 Å². The number of nitrogens with zero attached hydrogens (tertiary/aromatic N) is 1. The van der Waals surface area contributed by atoms with Crippen LogP contribution in [-0.2, 0) is 9.09 Å². The van der Waals surface area contributed by atoms with Crippen molar-refractivity contribution in [1.82, 2.24) is 4.90 Å². The highest BCUT2D eigenvalue weighted by Crippen LogP contribution is 2.35. The highest BCUT2D eigenvalue weighted by molar-refractivity contribution is 7.46. The van der Waals surface area contributed by atoms with Crippen LogP contribution in [0.1, 0.15) is 79.1 Å². The summed E-state index contributed by atoms with van der Waals surface area (Å²) < 4.78 is 15.6. The van der Waals surface area contributed by atoms with Crippen molar-refractivity contribution in [2.45, 2.75) is 79.1 Å². The summed E-state index contributed by atoms with van der Waals surface area (Å²) in [4.78, 5) is 20.1. The van der Waals surface area contributed by atoms with E-state index in [1.54, 1.807) is 0 Å². The first kappa shape index (κ1) is 24.1. The van der Waals surface area contributed by atoms with Gasteiger partial charge in [0.25, 0.3) is 0 Å². The Bertz CT molecular complexity index is 317. The van der Waals surface area contributed by atoms with Crippen LogP contribution in [0.2, 0.25) is 0 Å². The van der Waals surface area contributed by atoms with E-state index in [2.05, 4.69) is 37.1 Å². The molecular formula is C18H40NO4P. The molecule has 0 rings (SSSR count). The summed E-state index contributed by atoms with van der Waals surface area (Å²) in [7, 11) is -4.37. The molecule has 0 aromatic rings. The van der Waals surface area contributed by atoms with Gasteiger partial charge in [0.15, 0.2) is 0 Å². The van der Waals surface area contributed by atoms with Crippen molar-refractivity contribution < 1.29 is 18.9 Å². The van der Waals surface area contributed by atoms with Crippen molar-refractivity contribution in [2.75, 3.05) is 26.2 Å². The summed E-state index contributed by atoms with van der Waals surface area (Å²) in [6, 6.07) is 0. The minimum absolute atomic E-state index is 0.0959. The topological polar surface area (TPSA) is 70.0 Å². The summed E-state index contributed by atoms with van der Waals surface area (Å²) in [5, 5.41) is 0. The molecule has 0 fully saturated rings. The van der Waals surface area contributed by atoms with Crippen molar-refractivity contribution in [1.29, 1.82) is 0 Å². The summed E-state index contributed by atoms with van der Waals surface area (Å²) >= 11 is 0. The largest absolute Gasteiger partial charge is 0.469 e. The van der Waals surface area contributed by atoms with E-state index in [1.807, 2.05) is 0 Å². The van der Waals surface area contributed by atoms with E-state index in [4.69, 9.17) is 9.79 Å². The van der Waals surface area contributed by atoms with Gasteiger partial charge in [0.2, 0.25) is 0 Å². The molecule has 0 aliphatic carbocycles. The first-order chi connectivity index (χ1) is 11.4. The molecule has 0 aromatic heterocycles. The highest BCUT2D eigenvalue weighted by atomic mass is 31.2. The van der Waals surface area contributed by atoms with Crippen molar-refractivity contribution in [2.24, 2.45) is 11.8 Å². The first-order valence-corrected chi connectivity index (χ1v) is 11.3. The maximum absolute atomic E-state index is 10.9.